The molecule has 0 radical (unpaired) electrons. The van der Waals surface area contributed by atoms with Crippen molar-refractivity contribution >= 4 is 0 Å². The highest BCUT2D eigenvalue weighted by molar-refractivity contribution is 4.77. The summed E-state index contributed by atoms with van der Waals surface area (Å²) < 4.78 is 5.09. The predicted molar refractivity (Wildman–Crippen MR) is 67.9 cm³/mol. The fraction of sp³-hybridized carbons (Fsp3) is 1.00. The van der Waals surface area contributed by atoms with Crippen LogP contribution in [0.25, 0.3) is 0 Å². The van der Waals surface area contributed by atoms with E-state index in [1.807, 2.05) is 0 Å². The maximum Gasteiger partial charge on any atom is 0.0613 e. The lowest BCUT2D eigenvalue weighted by atomic mass is 10.2. The highest BCUT2D eigenvalue weighted by Gasteiger charge is 2.19. The molecule has 2 atom stereocenters. The van der Waals surface area contributed by atoms with Crippen LogP contribution in [-0.4, -0.2) is 75.4 Å². The predicted octanol–water partition coefficient (Wildman–Crippen LogP) is 0.247. The molecule has 0 aromatic rings. The summed E-state index contributed by atoms with van der Waals surface area (Å²) in [5.41, 5.74) is 0. The lowest BCUT2D eigenvalue weighted by molar-refractivity contribution is 0.103. The monoisotopic (exact) mass is 229 g/mol. The van der Waals surface area contributed by atoms with Gasteiger partial charge in [0.2, 0.25) is 0 Å². The summed E-state index contributed by atoms with van der Waals surface area (Å²) in [5, 5.41) is 3.48. The molecule has 0 saturated carbocycles. The third-order valence-corrected chi connectivity index (χ3v) is 3.38. The van der Waals surface area contributed by atoms with Gasteiger partial charge in [-0.25, -0.2) is 0 Å². The third-order valence-electron chi connectivity index (χ3n) is 3.38. The van der Waals surface area contributed by atoms with E-state index in [-0.39, 0.29) is 0 Å². The number of piperazine rings is 1. The molecule has 0 spiro atoms. The highest BCUT2D eigenvalue weighted by atomic mass is 16.5. The van der Waals surface area contributed by atoms with Gasteiger partial charge in [0.15, 0.2) is 0 Å². The number of hydrogen-bond donors (Lipinski definition) is 1. The number of nitrogens with zero attached hydrogens (tertiary/aromatic N) is 2. The van der Waals surface area contributed by atoms with Crippen molar-refractivity contribution in [2.75, 3.05) is 53.5 Å². The molecule has 1 aliphatic rings. The lowest BCUT2D eigenvalue weighted by Crippen LogP contribution is -2.51. The summed E-state index contributed by atoms with van der Waals surface area (Å²) in [6, 6.07) is 1.14. The van der Waals surface area contributed by atoms with Crippen molar-refractivity contribution < 1.29 is 4.74 Å². The summed E-state index contributed by atoms with van der Waals surface area (Å²) in [7, 11) is 3.96. The van der Waals surface area contributed by atoms with Crippen LogP contribution in [0.2, 0.25) is 0 Å². The van der Waals surface area contributed by atoms with Gasteiger partial charge in [0.05, 0.1) is 6.61 Å². The SMILES string of the molecule is COCC(C)NCCN1CCN(C)C(C)C1. The van der Waals surface area contributed by atoms with Crippen LogP contribution in [-0.2, 0) is 4.74 Å². The maximum absolute atomic E-state index is 5.09. The first-order chi connectivity index (χ1) is 7.63. The molecule has 1 rings (SSSR count). The smallest absolute Gasteiger partial charge is 0.0613 e. The van der Waals surface area contributed by atoms with Crippen LogP contribution < -0.4 is 5.32 Å². The molecule has 1 heterocycles. The van der Waals surface area contributed by atoms with Crippen LogP contribution in [0.3, 0.4) is 0 Å². The number of nitrogens with one attached hydrogen (secondary N) is 1. The summed E-state index contributed by atoms with van der Waals surface area (Å²) >= 11 is 0. The minimum Gasteiger partial charge on any atom is -0.383 e. The first-order valence-electron chi connectivity index (χ1n) is 6.28. The van der Waals surface area contributed by atoms with Crippen molar-refractivity contribution in [3.8, 4) is 0 Å². The quantitative estimate of drug-likeness (QED) is 0.706. The molecular formula is C12H27N3O. The fourth-order valence-electron chi connectivity index (χ4n) is 2.10. The number of methoxy groups -OCH3 is 1. The Bertz CT molecular complexity index is 189. The van der Waals surface area contributed by atoms with Gasteiger partial charge >= 0.3 is 0 Å². The number of hydrogen-bond acceptors (Lipinski definition) is 4. The molecule has 0 amide bonds. The minimum absolute atomic E-state index is 0.454. The van der Waals surface area contributed by atoms with E-state index in [9.17, 15) is 0 Å². The van der Waals surface area contributed by atoms with E-state index in [0.29, 0.717) is 12.1 Å². The molecule has 1 saturated heterocycles. The van der Waals surface area contributed by atoms with E-state index < -0.39 is 0 Å². The van der Waals surface area contributed by atoms with Gasteiger partial charge in [0.1, 0.15) is 0 Å². The Morgan fingerprint density at radius 3 is 2.81 bits per heavy atom. The number of likely N-dealkylation sites (N-methyl/N-ethyl adjacent to an activating group) is 1. The zero-order chi connectivity index (χ0) is 12.0. The molecule has 1 aliphatic heterocycles. The molecular weight excluding hydrogens is 202 g/mol. The summed E-state index contributed by atoms with van der Waals surface area (Å²) in [4.78, 5) is 4.97. The van der Waals surface area contributed by atoms with Gasteiger partial charge in [0.25, 0.3) is 0 Å². The zero-order valence-electron chi connectivity index (χ0n) is 11.2. The van der Waals surface area contributed by atoms with Crippen molar-refractivity contribution in [3.63, 3.8) is 0 Å². The van der Waals surface area contributed by atoms with E-state index in [2.05, 4.69) is 36.0 Å². The standard InChI is InChI=1S/C12H27N3O/c1-11(10-16-4)13-5-6-15-8-7-14(3)12(2)9-15/h11-13H,5-10H2,1-4H3. The summed E-state index contributed by atoms with van der Waals surface area (Å²) in [6.45, 7) is 11.0. The molecule has 0 aromatic carbocycles. The average molecular weight is 229 g/mol. The maximum atomic E-state index is 5.09. The van der Waals surface area contributed by atoms with E-state index in [4.69, 9.17) is 4.74 Å². The van der Waals surface area contributed by atoms with E-state index in [1.54, 1.807) is 7.11 Å². The van der Waals surface area contributed by atoms with Gasteiger partial charge in [-0.3, -0.25) is 4.90 Å². The topological polar surface area (TPSA) is 27.7 Å². The largest absolute Gasteiger partial charge is 0.383 e. The van der Waals surface area contributed by atoms with Gasteiger partial charge in [0, 0.05) is 51.9 Å². The van der Waals surface area contributed by atoms with Crippen molar-refractivity contribution in [3.05, 3.63) is 0 Å². The Kier molecular flexibility index (Phi) is 6.28. The van der Waals surface area contributed by atoms with Crippen LogP contribution in [0.15, 0.2) is 0 Å². The average Bonchev–Trinajstić information content (AvgIpc) is 2.24. The van der Waals surface area contributed by atoms with Crippen molar-refractivity contribution in [2.24, 2.45) is 0 Å². The van der Waals surface area contributed by atoms with Crippen molar-refractivity contribution in [2.45, 2.75) is 25.9 Å². The van der Waals surface area contributed by atoms with E-state index >= 15 is 0 Å². The minimum atomic E-state index is 0.454. The van der Waals surface area contributed by atoms with E-state index in [0.717, 1.165) is 19.7 Å². The molecule has 4 heteroatoms. The molecule has 2 unspecified atom stereocenters. The molecule has 4 nitrogen and oxygen atoms in total. The van der Waals surface area contributed by atoms with E-state index in [1.165, 1.54) is 19.6 Å². The van der Waals surface area contributed by atoms with Gasteiger partial charge in [-0.1, -0.05) is 0 Å². The van der Waals surface area contributed by atoms with Crippen LogP contribution >= 0.6 is 0 Å². The second-order valence-corrected chi connectivity index (χ2v) is 4.94. The molecule has 96 valence electrons. The number of rotatable bonds is 6. The Labute approximate surface area is 99.9 Å². The van der Waals surface area contributed by atoms with Crippen LogP contribution in [0.4, 0.5) is 0 Å². The number of ether oxygens (including phenoxy) is 1. The van der Waals surface area contributed by atoms with Gasteiger partial charge in [-0.15, -0.1) is 0 Å². The third kappa shape index (κ3) is 4.78. The Hall–Kier alpha value is -0.160. The molecule has 0 aromatic heterocycles. The Balaban J connectivity index is 2.09. The molecule has 16 heavy (non-hydrogen) atoms. The van der Waals surface area contributed by atoms with Crippen LogP contribution in [0.1, 0.15) is 13.8 Å². The molecule has 0 bridgehead atoms. The molecule has 1 fully saturated rings. The van der Waals surface area contributed by atoms with Gasteiger partial charge in [-0.2, -0.15) is 0 Å². The second kappa shape index (κ2) is 7.22. The van der Waals surface area contributed by atoms with Gasteiger partial charge in [-0.05, 0) is 20.9 Å². The summed E-state index contributed by atoms with van der Waals surface area (Å²) in [6.07, 6.45) is 0. The summed E-state index contributed by atoms with van der Waals surface area (Å²) in [5.74, 6) is 0. The van der Waals surface area contributed by atoms with Crippen molar-refractivity contribution in [1.29, 1.82) is 0 Å². The van der Waals surface area contributed by atoms with Crippen molar-refractivity contribution in [1.82, 2.24) is 15.1 Å². The van der Waals surface area contributed by atoms with Crippen LogP contribution in [0, 0.1) is 0 Å². The molecule has 1 N–H and O–H groups in total. The highest BCUT2D eigenvalue weighted by Crippen LogP contribution is 2.05. The normalized spacial score (nSPS) is 25.9. The lowest BCUT2D eigenvalue weighted by Gasteiger charge is -2.37. The fourth-order valence-corrected chi connectivity index (χ4v) is 2.10. The van der Waals surface area contributed by atoms with Gasteiger partial charge < -0.3 is 15.0 Å². The van der Waals surface area contributed by atoms with Crippen LogP contribution in [0.5, 0.6) is 0 Å². The zero-order valence-corrected chi connectivity index (χ0v) is 11.2. The second-order valence-electron chi connectivity index (χ2n) is 4.94. The first kappa shape index (κ1) is 13.9. The molecule has 0 aliphatic carbocycles. The Morgan fingerprint density at radius 1 is 1.44 bits per heavy atom. The first-order valence-corrected chi connectivity index (χ1v) is 6.28. The Morgan fingerprint density at radius 2 is 2.19 bits per heavy atom.